The van der Waals surface area contributed by atoms with Crippen LogP contribution >= 0.6 is 0 Å². The third-order valence-electron chi connectivity index (χ3n) is 5.94. The molecule has 4 rings (SSSR count). The zero-order chi connectivity index (χ0) is 19.7. The lowest BCUT2D eigenvalue weighted by atomic mass is 10.0. The molecule has 150 valence electrons. The number of benzene rings is 1. The largest absolute Gasteiger partial charge is 0.329 e. The highest BCUT2D eigenvalue weighted by molar-refractivity contribution is 6.05. The van der Waals surface area contributed by atoms with Crippen molar-refractivity contribution in [3.05, 3.63) is 34.9 Å². The van der Waals surface area contributed by atoms with Crippen molar-refractivity contribution in [2.75, 3.05) is 39.3 Å². The van der Waals surface area contributed by atoms with Crippen LogP contribution in [0.3, 0.4) is 0 Å². The van der Waals surface area contributed by atoms with Crippen LogP contribution < -0.4 is 11.1 Å². The molecule has 3 amide bonds. The van der Waals surface area contributed by atoms with Gasteiger partial charge >= 0.3 is 0 Å². The van der Waals surface area contributed by atoms with Crippen LogP contribution in [0.15, 0.2) is 18.2 Å². The van der Waals surface area contributed by atoms with Crippen LogP contribution in [0, 0.1) is 0 Å². The van der Waals surface area contributed by atoms with E-state index in [1.54, 1.807) is 4.90 Å². The fourth-order valence-electron chi connectivity index (χ4n) is 4.42. The number of imide groups is 1. The maximum atomic E-state index is 13.1. The van der Waals surface area contributed by atoms with E-state index in [-0.39, 0.29) is 24.1 Å². The molecular formula is C20H27N5O3. The maximum absolute atomic E-state index is 13.1. The molecule has 0 saturated carbocycles. The van der Waals surface area contributed by atoms with Crippen molar-refractivity contribution in [2.24, 2.45) is 5.73 Å². The zero-order valence-electron chi connectivity index (χ0n) is 16.0. The number of hydrogen-bond donors (Lipinski definition) is 2. The van der Waals surface area contributed by atoms with Gasteiger partial charge in [-0.1, -0.05) is 18.2 Å². The van der Waals surface area contributed by atoms with Crippen molar-refractivity contribution in [2.45, 2.75) is 32.0 Å². The monoisotopic (exact) mass is 385 g/mol. The predicted octanol–water partition coefficient (Wildman–Crippen LogP) is -0.476. The highest BCUT2D eigenvalue weighted by atomic mass is 16.2. The molecule has 2 fully saturated rings. The van der Waals surface area contributed by atoms with E-state index >= 15 is 0 Å². The smallest absolute Gasteiger partial charge is 0.255 e. The molecule has 1 aromatic rings. The van der Waals surface area contributed by atoms with Gasteiger partial charge in [-0.3, -0.25) is 29.5 Å². The van der Waals surface area contributed by atoms with Gasteiger partial charge < -0.3 is 10.6 Å². The Labute approximate surface area is 164 Å². The lowest BCUT2D eigenvalue weighted by Crippen LogP contribution is -2.52. The average molecular weight is 385 g/mol. The first-order valence-electron chi connectivity index (χ1n) is 9.97. The van der Waals surface area contributed by atoms with Gasteiger partial charge in [-0.05, 0) is 17.5 Å². The topological polar surface area (TPSA) is 99.0 Å². The van der Waals surface area contributed by atoms with Crippen LogP contribution in [-0.4, -0.2) is 77.7 Å². The molecule has 1 aromatic carbocycles. The summed E-state index contributed by atoms with van der Waals surface area (Å²) in [5.41, 5.74) is 8.36. The minimum atomic E-state index is -0.565. The van der Waals surface area contributed by atoms with E-state index in [1.807, 2.05) is 18.2 Å². The summed E-state index contributed by atoms with van der Waals surface area (Å²) in [6.07, 6.45) is 0.666. The molecule has 3 aliphatic heterocycles. The van der Waals surface area contributed by atoms with Crippen LogP contribution in [0.5, 0.6) is 0 Å². The second-order valence-corrected chi connectivity index (χ2v) is 7.76. The van der Waals surface area contributed by atoms with Gasteiger partial charge in [0, 0.05) is 64.3 Å². The summed E-state index contributed by atoms with van der Waals surface area (Å²) in [6.45, 7) is 6.65. The standard InChI is InChI=1S/C20H27N5O3/c21-6-7-23-8-10-24(11-9-23)12-14-2-1-3-15-13-25(20(28)18(14)15)16-4-5-17(26)22-19(16)27/h1-3,16H,4-13,21H2,(H,22,26,27). The molecule has 0 spiro atoms. The number of piperazine rings is 1. The van der Waals surface area contributed by atoms with Gasteiger partial charge in [0.2, 0.25) is 11.8 Å². The Hall–Kier alpha value is -2.29. The first-order chi connectivity index (χ1) is 13.6. The summed E-state index contributed by atoms with van der Waals surface area (Å²) in [5, 5.41) is 2.35. The average Bonchev–Trinajstić information content (AvgIpc) is 3.01. The molecule has 3 N–H and O–H groups in total. The molecular weight excluding hydrogens is 358 g/mol. The molecule has 0 bridgehead atoms. The summed E-state index contributed by atoms with van der Waals surface area (Å²) in [7, 11) is 0. The Balaban J connectivity index is 1.47. The second-order valence-electron chi connectivity index (χ2n) is 7.76. The Morgan fingerprint density at radius 3 is 2.54 bits per heavy atom. The number of fused-ring (bicyclic) bond motifs is 1. The normalized spacial score (nSPS) is 23.8. The van der Waals surface area contributed by atoms with E-state index < -0.39 is 6.04 Å². The molecule has 3 heterocycles. The van der Waals surface area contributed by atoms with Crippen LogP contribution in [-0.2, 0) is 22.7 Å². The Bertz CT molecular complexity index is 788. The molecule has 1 atom stereocenters. The molecule has 1 unspecified atom stereocenters. The predicted molar refractivity (Wildman–Crippen MR) is 103 cm³/mol. The molecule has 0 aliphatic carbocycles. The van der Waals surface area contributed by atoms with Gasteiger partial charge in [0.1, 0.15) is 6.04 Å². The summed E-state index contributed by atoms with van der Waals surface area (Å²) in [4.78, 5) is 43.1. The zero-order valence-corrected chi connectivity index (χ0v) is 16.0. The number of nitrogens with two attached hydrogens (primary N) is 1. The molecule has 3 aliphatic rings. The third kappa shape index (κ3) is 3.67. The van der Waals surface area contributed by atoms with Gasteiger partial charge in [0.25, 0.3) is 5.91 Å². The van der Waals surface area contributed by atoms with E-state index in [1.165, 1.54) is 0 Å². The van der Waals surface area contributed by atoms with Crippen molar-refractivity contribution >= 4 is 17.7 Å². The van der Waals surface area contributed by atoms with Crippen molar-refractivity contribution in [1.29, 1.82) is 0 Å². The summed E-state index contributed by atoms with van der Waals surface area (Å²) in [5.74, 6) is -0.725. The van der Waals surface area contributed by atoms with Crippen molar-refractivity contribution in [3.8, 4) is 0 Å². The lowest BCUT2D eigenvalue weighted by molar-refractivity contribution is -0.136. The Morgan fingerprint density at radius 2 is 1.82 bits per heavy atom. The van der Waals surface area contributed by atoms with Crippen molar-refractivity contribution in [3.63, 3.8) is 0 Å². The number of amides is 3. The summed E-state index contributed by atoms with van der Waals surface area (Å²) in [6, 6.07) is 5.39. The highest BCUT2D eigenvalue weighted by Gasteiger charge is 2.40. The maximum Gasteiger partial charge on any atom is 0.255 e. The minimum Gasteiger partial charge on any atom is -0.329 e. The number of carbonyl (C=O) groups is 3. The molecule has 8 heteroatoms. The van der Waals surface area contributed by atoms with E-state index in [2.05, 4.69) is 15.1 Å². The number of rotatable bonds is 5. The SMILES string of the molecule is NCCN1CCN(Cc2cccc3c2C(=O)N(C2CCC(=O)NC2=O)C3)CC1. The molecule has 8 nitrogen and oxygen atoms in total. The quantitative estimate of drug-likeness (QED) is 0.665. The number of hydrogen-bond acceptors (Lipinski definition) is 6. The molecule has 0 aromatic heterocycles. The number of nitrogens with one attached hydrogen (secondary N) is 1. The first-order valence-corrected chi connectivity index (χ1v) is 9.97. The first kappa shape index (κ1) is 19.0. The lowest BCUT2D eigenvalue weighted by Gasteiger charge is -2.34. The number of carbonyl (C=O) groups excluding carboxylic acids is 3. The van der Waals surface area contributed by atoms with E-state index in [4.69, 9.17) is 5.73 Å². The van der Waals surface area contributed by atoms with Gasteiger partial charge in [-0.25, -0.2) is 0 Å². The fraction of sp³-hybridized carbons (Fsp3) is 0.550. The van der Waals surface area contributed by atoms with E-state index in [0.29, 0.717) is 19.5 Å². The fourth-order valence-corrected chi connectivity index (χ4v) is 4.42. The molecule has 28 heavy (non-hydrogen) atoms. The number of nitrogens with zero attached hydrogens (tertiary/aromatic N) is 3. The van der Waals surface area contributed by atoms with Gasteiger partial charge in [0.05, 0.1) is 0 Å². The Morgan fingerprint density at radius 1 is 1.07 bits per heavy atom. The summed E-state index contributed by atoms with van der Waals surface area (Å²) < 4.78 is 0. The van der Waals surface area contributed by atoms with Gasteiger partial charge in [0.15, 0.2) is 0 Å². The van der Waals surface area contributed by atoms with Gasteiger partial charge in [-0.15, -0.1) is 0 Å². The van der Waals surface area contributed by atoms with Gasteiger partial charge in [-0.2, -0.15) is 0 Å². The van der Waals surface area contributed by atoms with Crippen LogP contribution in [0.4, 0.5) is 0 Å². The Kier molecular flexibility index (Phi) is 5.43. The van der Waals surface area contributed by atoms with Crippen LogP contribution in [0.2, 0.25) is 0 Å². The molecule has 0 radical (unpaired) electrons. The third-order valence-corrected chi connectivity index (χ3v) is 5.94. The molecule has 2 saturated heterocycles. The minimum absolute atomic E-state index is 0.0955. The summed E-state index contributed by atoms with van der Waals surface area (Å²) >= 11 is 0. The van der Waals surface area contributed by atoms with E-state index in [0.717, 1.165) is 56.0 Å². The van der Waals surface area contributed by atoms with Crippen LogP contribution in [0.25, 0.3) is 0 Å². The van der Waals surface area contributed by atoms with Crippen molar-refractivity contribution in [1.82, 2.24) is 20.0 Å². The van der Waals surface area contributed by atoms with Crippen LogP contribution in [0.1, 0.15) is 34.3 Å². The van der Waals surface area contributed by atoms with E-state index in [9.17, 15) is 14.4 Å². The van der Waals surface area contributed by atoms with Crippen molar-refractivity contribution < 1.29 is 14.4 Å². The second kappa shape index (κ2) is 7.98. The number of piperidine rings is 1. The highest BCUT2D eigenvalue weighted by Crippen LogP contribution is 2.30.